The summed E-state index contributed by atoms with van der Waals surface area (Å²) in [6.07, 6.45) is 2.44. The van der Waals surface area contributed by atoms with Crippen molar-refractivity contribution in [3.05, 3.63) is 0 Å². The maximum Gasteiger partial charge on any atom is 0.326 e. The first-order valence-electron chi connectivity index (χ1n) is 4.20. The Hall–Kier alpha value is -1.13. The molecule has 0 rings (SSSR count). The molecule has 0 aliphatic heterocycles. The van der Waals surface area contributed by atoms with Gasteiger partial charge in [0.25, 0.3) is 0 Å². The van der Waals surface area contributed by atoms with Crippen molar-refractivity contribution in [1.29, 1.82) is 0 Å². The van der Waals surface area contributed by atoms with Crippen LogP contribution in [-0.4, -0.2) is 30.2 Å². The molecule has 1 atom stereocenters. The maximum atomic E-state index is 11.6. The van der Waals surface area contributed by atoms with Gasteiger partial charge in [0.2, 0.25) is 6.41 Å². The first-order valence-corrected chi connectivity index (χ1v) is 4.20. The Balaban J connectivity index is 3.56. The lowest BCUT2D eigenvalue weighted by Gasteiger charge is -2.09. The SMILES string of the molecule is O=CNC(CCCCCF)C(=O)O. The fourth-order valence-electron chi connectivity index (χ4n) is 0.980. The smallest absolute Gasteiger partial charge is 0.326 e. The summed E-state index contributed by atoms with van der Waals surface area (Å²) in [5.41, 5.74) is 0. The molecule has 0 aromatic carbocycles. The standard InChI is InChI=1S/C8H14FNO3/c9-5-3-1-2-4-7(8(12)13)10-6-11/h6-7H,1-5H2,(H,10,11)(H,12,13). The molecule has 5 heteroatoms. The van der Waals surface area contributed by atoms with Crippen LogP contribution in [0.1, 0.15) is 25.7 Å². The van der Waals surface area contributed by atoms with E-state index in [1.807, 2.05) is 0 Å². The van der Waals surface area contributed by atoms with Gasteiger partial charge in [0, 0.05) is 0 Å². The fraction of sp³-hybridized carbons (Fsp3) is 0.750. The summed E-state index contributed by atoms with van der Waals surface area (Å²) in [5, 5.41) is 10.8. The molecule has 0 bridgehead atoms. The van der Waals surface area contributed by atoms with Crippen LogP contribution in [0.5, 0.6) is 0 Å². The van der Waals surface area contributed by atoms with E-state index in [4.69, 9.17) is 5.11 Å². The summed E-state index contributed by atoms with van der Waals surface area (Å²) in [5.74, 6) is -1.05. The second kappa shape index (κ2) is 7.52. The van der Waals surface area contributed by atoms with Crippen LogP contribution in [0.2, 0.25) is 0 Å². The van der Waals surface area contributed by atoms with Gasteiger partial charge in [-0.15, -0.1) is 0 Å². The molecule has 4 nitrogen and oxygen atoms in total. The maximum absolute atomic E-state index is 11.6. The Bertz CT molecular complexity index is 163. The third kappa shape index (κ3) is 6.07. The molecule has 2 N–H and O–H groups in total. The Morgan fingerprint density at radius 1 is 1.46 bits per heavy atom. The number of amides is 1. The average molecular weight is 191 g/mol. The molecule has 0 saturated carbocycles. The third-order valence-corrected chi connectivity index (χ3v) is 1.69. The van der Waals surface area contributed by atoms with Crippen molar-refractivity contribution in [2.45, 2.75) is 31.7 Å². The quantitative estimate of drug-likeness (QED) is 0.438. The molecule has 1 amide bonds. The van der Waals surface area contributed by atoms with Crippen LogP contribution in [0.3, 0.4) is 0 Å². The van der Waals surface area contributed by atoms with Gasteiger partial charge < -0.3 is 10.4 Å². The normalized spacial score (nSPS) is 12.1. The van der Waals surface area contributed by atoms with Gasteiger partial charge in [0.15, 0.2) is 0 Å². The van der Waals surface area contributed by atoms with E-state index in [1.54, 1.807) is 0 Å². The largest absolute Gasteiger partial charge is 0.480 e. The minimum absolute atomic E-state index is 0.355. The van der Waals surface area contributed by atoms with E-state index in [9.17, 15) is 14.0 Å². The Morgan fingerprint density at radius 2 is 2.15 bits per heavy atom. The number of hydrogen-bond acceptors (Lipinski definition) is 2. The monoisotopic (exact) mass is 191 g/mol. The van der Waals surface area contributed by atoms with Crippen molar-refractivity contribution < 1.29 is 19.1 Å². The molecule has 76 valence electrons. The number of carbonyl (C=O) groups is 2. The van der Waals surface area contributed by atoms with Gasteiger partial charge in [-0.2, -0.15) is 0 Å². The van der Waals surface area contributed by atoms with Gasteiger partial charge in [-0.1, -0.05) is 12.8 Å². The van der Waals surface area contributed by atoms with Gasteiger partial charge in [0.1, 0.15) is 6.04 Å². The zero-order chi connectivity index (χ0) is 10.1. The number of halogens is 1. The van der Waals surface area contributed by atoms with E-state index < -0.39 is 12.0 Å². The summed E-state index contributed by atoms with van der Waals surface area (Å²) < 4.78 is 11.6. The Labute approximate surface area is 76.1 Å². The highest BCUT2D eigenvalue weighted by molar-refractivity contribution is 5.76. The zero-order valence-corrected chi connectivity index (χ0v) is 7.33. The number of carboxylic acid groups (broad SMARTS) is 1. The minimum atomic E-state index is -1.05. The third-order valence-electron chi connectivity index (χ3n) is 1.69. The topological polar surface area (TPSA) is 66.4 Å². The molecular weight excluding hydrogens is 177 g/mol. The number of aliphatic carboxylic acids is 1. The fourth-order valence-corrected chi connectivity index (χ4v) is 0.980. The molecule has 0 aromatic rings. The summed E-state index contributed by atoms with van der Waals surface area (Å²) in [4.78, 5) is 20.4. The summed E-state index contributed by atoms with van der Waals surface area (Å²) in [7, 11) is 0. The van der Waals surface area contributed by atoms with Crippen molar-refractivity contribution in [2.24, 2.45) is 0 Å². The average Bonchev–Trinajstić information content (AvgIpc) is 2.10. The highest BCUT2D eigenvalue weighted by atomic mass is 19.1. The summed E-state index contributed by atoms with van der Waals surface area (Å²) >= 11 is 0. The van der Waals surface area contributed by atoms with Crippen LogP contribution in [0.15, 0.2) is 0 Å². The first-order chi connectivity index (χ1) is 6.22. The van der Waals surface area contributed by atoms with E-state index in [1.165, 1.54) is 0 Å². The van der Waals surface area contributed by atoms with Gasteiger partial charge in [-0.3, -0.25) is 9.18 Å². The molecule has 0 aliphatic carbocycles. The highest BCUT2D eigenvalue weighted by Gasteiger charge is 2.14. The lowest BCUT2D eigenvalue weighted by atomic mass is 10.1. The van der Waals surface area contributed by atoms with Crippen LogP contribution in [0.25, 0.3) is 0 Å². The van der Waals surface area contributed by atoms with Crippen molar-refractivity contribution in [1.82, 2.24) is 5.32 Å². The number of carboxylic acids is 1. The molecule has 0 aromatic heterocycles. The molecule has 0 spiro atoms. The molecular formula is C8H14FNO3. The van der Waals surface area contributed by atoms with Gasteiger partial charge in [-0.25, -0.2) is 4.79 Å². The number of unbranched alkanes of at least 4 members (excludes halogenated alkanes) is 2. The number of hydrogen-bond donors (Lipinski definition) is 2. The van der Waals surface area contributed by atoms with Crippen LogP contribution in [0, 0.1) is 0 Å². The van der Waals surface area contributed by atoms with Crippen LogP contribution >= 0.6 is 0 Å². The number of nitrogens with one attached hydrogen (secondary N) is 1. The Morgan fingerprint density at radius 3 is 2.62 bits per heavy atom. The predicted octanol–water partition coefficient (Wildman–Crippen LogP) is 0.715. The molecule has 0 saturated heterocycles. The molecule has 13 heavy (non-hydrogen) atoms. The van der Waals surface area contributed by atoms with Crippen molar-refractivity contribution in [3.8, 4) is 0 Å². The van der Waals surface area contributed by atoms with E-state index in [-0.39, 0.29) is 6.67 Å². The van der Waals surface area contributed by atoms with Crippen molar-refractivity contribution in [3.63, 3.8) is 0 Å². The predicted molar refractivity (Wildman–Crippen MR) is 45.1 cm³/mol. The molecule has 0 aliphatic rings. The lowest BCUT2D eigenvalue weighted by molar-refractivity contribution is -0.140. The van der Waals surface area contributed by atoms with Crippen LogP contribution < -0.4 is 5.32 Å². The van der Waals surface area contributed by atoms with E-state index in [0.717, 1.165) is 0 Å². The molecule has 0 fully saturated rings. The zero-order valence-electron chi connectivity index (χ0n) is 7.33. The molecule has 1 unspecified atom stereocenters. The second-order valence-electron chi connectivity index (χ2n) is 2.71. The Kier molecular flexibility index (Phi) is 6.86. The van der Waals surface area contributed by atoms with E-state index in [2.05, 4.69) is 5.32 Å². The van der Waals surface area contributed by atoms with Crippen molar-refractivity contribution >= 4 is 12.4 Å². The van der Waals surface area contributed by atoms with Gasteiger partial charge >= 0.3 is 5.97 Å². The number of alkyl halides is 1. The van der Waals surface area contributed by atoms with E-state index >= 15 is 0 Å². The lowest BCUT2D eigenvalue weighted by Crippen LogP contribution is -2.35. The van der Waals surface area contributed by atoms with Gasteiger partial charge in [0.05, 0.1) is 6.67 Å². The van der Waals surface area contributed by atoms with E-state index in [0.29, 0.717) is 32.1 Å². The van der Waals surface area contributed by atoms with Crippen LogP contribution in [0.4, 0.5) is 4.39 Å². The first kappa shape index (κ1) is 11.9. The minimum Gasteiger partial charge on any atom is -0.480 e. The highest BCUT2D eigenvalue weighted by Crippen LogP contribution is 2.03. The van der Waals surface area contributed by atoms with Gasteiger partial charge in [-0.05, 0) is 12.8 Å². The van der Waals surface area contributed by atoms with Crippen LogP contribution in [-0.2, 0) is 9.59 Å². The number of carbonyl (C=O) groups excluding carboxylic acids is 1. The summed E-state index contributed by atoms with van der Waals surface area (Å²) in [6.45, 7) is -0.376. The number of rotatable bonds is 8. The summed E-state index contributed by atoms with van der Waals surface area (Å²) in [6, 6.07) is -0.836. The second-order valence-corrected chi connectivity index (χ2v) is 2.71. The molecule has 0 heterocycles. The van der Waals surface area contributed by atoms with Crippen molar-refractivity contribution in [2.75, 3.05) is 6.67 Å². The molecule has 0 radical (unpaired) electrons.